The minimum atomic E-state index is 0. The van der Waals surface area contributed by atoms with Gasteiger partial charge in [-0.1, -0.05) is 30.4 Å². The second-order valence-electron chi connectivity index (χ2n) is 1.58. The van der Waals surface area contributed by atoms with Crippen molar-refractivity contribution in [2.45, 2.75) is 0 Å². The minimum Gasteiger partial charge on any atom is -0.102 e. The Hall–Kier alpha value is 0.103. The fourth-order valence-corrected chi connectivity index (χ4v) is 0.606. The Morgan fingerprint density at radius 1 is 1.25 bits per heavy atom. The van der Waals surface area contributed by atoms with Crippen LogP contribution in [0.1, 0.15) is 0 Å². The molecule has 0 spiro atoms. The molecule has 1 aliphatic carbocycles. The topological polar surface area (TPSA) is 0 Å². The van der Waals surface area contributed by atoms with Crippen molar-refractivity contribution in [2.75, 3.05) is 0 Å². The normalized spacial score (nSPS) is 16.0. The van der Waals surface area contributed by atoms with Gasteiger partial charge >= 0.3 is 0 Å². The van der Waals surface area contributed by atoms with Gasteiger partial charge in [0.05, 0.1) is 0 Å². The van der Waals surface area contributed by atoms with Crippen LogP contribution in [0.3, 0.4) is 0 Å². The van der Waals surface area contributed by atoms with Crippen LogP contribution in [0.5, 0.6) is 0 Å². The number of rotatable bonds is 1. The Morgan fingerprint density at radius 3 is 2.00 bits per heavy atom. The van der Waals surface area contributed by atoms with E-state index in [0.717, 1.165) is 0 Å². The molecule has 8 heavy (non-hydrogen) atoms. The Kier molecular flexibility index (Phi) is 4.08. The van der Waals surface area contributed by atoms with Crippen LogP contribution in [-0.2, 0) is 26.2 Å². The maximum atomic E-state index is 3.64. The first-order chi connectivity index (χ1) is 3.43. The van der Waals surface area contributed by atoms with E-state index in [9.17, 15) is 0 Å². The minimum absolute atomic E-state index is 0. The third-order valence-electron chi connectivity index (χ3n) is 1.05. The number of allylic oxidation sites excluding steroid dienone is 5. The molecule has 1 rings (SSSR count). The third kappa shape index (κ3) is 1.92. The standard InChI is InChI=1S/C7H8.Zr/c1-2-7-5-3-4-6-7;/h2-7H,1H2;. The molecular weight excluding hydrogens is 175 g/mol. The summed E-state index contributed by atoms with van der Waals surface area (Å²) in [6.45, 7) is 3.64. The van der Waals surface area contributed by atoms with E-state index >= 15 is 0 Å². The third-order valence-corrected chi connectivity index (χ3v) is 1.05. The summed E-state index contributed by atoms with van der Waals surface area (Å²) in [6.07, 6.45) is 10.2. The maximum Gasteiger partial charge on any atom is 0.0131 e. The van der Waals surface area contributed by atoms with E-state index in [0.29, 0.717) is 5.92 Å². The quantitative estimate of drug-likeness (QED) is 0.545. The first kappa shape index (κ1) is 8.10. The van der Waals surface area contributed by atoms with Crippen molar-refractivity contribution in [3.8, 4) is 0 Å². The molecule has 1 aliphatic rings. The van der Waals surface area contributed by atoms with E-state index in [1.54, 1.807) is 0 Å². The maximum absolute atomic E-state index is 3.64. The molecule has 0 nitrogen and oxygen atoms in total. The van der Waals surface area contributed by atoms with Crippen LogP contribution < -0.4 is 0 Å². The van der Waals surface area contributed by atoms with Crippen molar-refractivity contribution in [1.82, 2.24) is 0 Å². The average molecular weight is 183 g/mol. The zero-order valence-electron chi connectivity index (χ0n) is 4.67. The zero-order valence-corrected chi connectivity index (χ0v) is 7.13. The van der Waals surface area contributed by atoms with E-state index in [1.807, 2.05) is 18.2 Å². The van der Waals surface area contributed by atoms with E-state index in [4.69, 9.17) is 0 Å². The van der Waals surface area contributed by atoms with Crippen molar-refractivity contribution in [1.29, 1.82) is 0 Å². The molecule has 0 aromatic rings. The summed E-state index contributed by atoms with van der Waals surface area (Å²) in [6, 6.07) is 0. The van der Waals surface area contributed by atoms with Crippen molar-refractivity contribution in [2.24, 2.45) is 5.92 Å². The van der Waals surface area contributed by atoms with E-state index in [1.165, 1.54) is 0 Å². The van der Waals surface area contributed by atoms with E-state index in [2.05, 4.69) is 18.7 Å². The van der Waals surface area contributed by atoms with Crippen LogP contribution in [-0.4, -0.2) is 0 Å². The van der Waals surface area contributed by atoms with Gasteiger partial charge in [0.25, 0.3) is 0 Å². The summed E-state index contributed by atoms with van der Waals surface area (Å²) >= 11 is 0. The van der Waals surface area contributed by atoms with Gasteiger partial charge in [0.2, 0.25) is 0 Å². The van der Waals surface area contributed by atoms with Crippen molar-refractivity contribution >= 4 is 0 Å². The summed E-state index contributed by atoms with van der Waals surface area (Å²) in [4.78, 5) is 0. The molecule has 0 bridgehead atoms. The van der Waals surface area contributed by atoms with Crippen LogP contribution >= 0.6 is 0 Å². The van der Waals surface area contributed by atoms with Gasteiger partial charge in [-0.05, 0) is 0 Å². The predicted octanol–water partition coefficient (Wildman–Crippen LogP) is 1.91. The van der Waals surface area contributed by atoms with Gasteiger partial charge < -0.3 is 0 Å². The van der Waals surface area contributed by atoms with Crippen molar-refractivity contribution < 1.29 is 26.2 Å². The number of hydrogen-bond acceptors (Lipinski definition) is 0. The first-order valence-corrected chi connectivity index (χ1v) is 2.41. The van der Waals surface area contributed by atoms with Crippen LogP contribution in [0.4, 0.5) is 0 Å². The molecule has 0 saturated carbocycles. The molecule has 0 amide bonds. The van der Waals surface area contributed by atoms with E-state index < -0.39 is 0 Å². The zero-order chi connectivity index (χ0) is 5.11. The average Bonchev–Trinajstić information content (AvgIpc) is 2.14. The molecular formula is C7H8Zr. The molecule has 0 unspecified atom stereocenters. The van der Waals surface area contributed by atoms with Gasteiger partial charge in [-0.2, -0.15) is 0 Å². The van der Waals surface area contributed by atoms with Gasteiger partial charge in [0.1, 0.15) is 0 Å². The summed E-state index contributed by atoms with van der Waals surface area (Å²) in [5.41, 5.74) is 0. The molecule has 0 heterocycles. The summed E-state index contributed by atoms with van der Waals surface area (Å²) < 4.78 is 0. The van der Waals surface area contributed by atoms with Gasteiger partial charge in [-0.25, -0.2) is 0 Å². The SMILES string of the molecule is C=CC1C=CC=C1.[Zr]. The van der Waals surface area contributed by atoms with Gasteiger partial charge in [0, 0.05) is 32.1 Å². The van der Waals surface area contributed by atoms with Crippen LogP contribution in [0, 0.1) is 5.92 Å². The predicted molar refractivity (Wildman–Crippen MR) is 32.0 cm³/mol. The molecule has 0 atom stereocenters. The van der Waals surface area contributed by atoms with Gasteiger partial charge in [0.15, 0.2) is 0 Å². The molecule has 1 heteroatoms. The van der Waals surface area contributed by atoms with Crippen LogP contribution in [0.2, 0.25) is 0 Å². The Labute approximate surface area is 69.1 Å². The second-order valence-corrected chi connectivity index (χ2v) is 1.58. The van der Waals surface area contributed by atoms with Gasteiger partial charge in [-0.15, -0.1) is 6.58 Å². The van der Waals surface area contributed by atoms with Crippen molar-refractivity contribution in [3.63, 3.8) is 0 Å². The molecule has 0 aliphatic heterocycles. The van der Waals surface area contributed by atoms with E-state index in [-0.39, 0.29) is 26.2 Å². The fourth-order valence-electron chi connectivity index (χ4n) is 0.606. The second kappa shape index (κ2) is 4.03. The summed E-state index contributed by atoms with van der Waals surface area (Å²) in [5, 5.41) is 0. The summed E-state index contributed by atoms with van der Waals surface area (Å²) in [7, 11) is 0. The Bertz CT molecular complexity index is 110. The van der Waals surface area contributed by atoms with Crippen LogP contribution in [0.15, 0.2) is 37.0 Å². The Morgan fingerprint density at radius 2 is 1.75 bits per heavy atom. The largest absolute Gasteiger partial charge is 0.102 e. The summed E-state index contributed by atoms with van der Waals surface area (Å²) in [5.74, 6) is 0.500. The molecule has 40 valence electrons. The molecule has 0 radical (unpaired) electrons. The molecule has 0 aromatic heterocycles. The fraction of sp³-hybridized carbons (Fsp3) is 0.143. The smallest absolute Gasteiger partial charge is 0.0131 e. The molecule has 0 N–H and O–H groups in total. The van der Waals surface area contributed by atoms with Gasteiger partial charge in [-0.3, -0.25) is 0 Å². The monoisotopic (exact) mass is 182 g/mol. The van der Waals surface area contributed by atoms with Crippen LogP contribution in [0.25, 0.3) is 0 Å². The molecule has 0 saturated heterocycles. The first-order valence-electron chi connectivity index (χ1n) is 2.41. The number of hydrogen-bond donors (Lipinski definition) is 0. The molecule has 0 fully saturated rings. The molecule has 0 aromatic carbocycles. The van der Waals surface area contributed by atoms with Crippen molar-refractivity contribution in [3.05, 3.63) is 37.0 Å². The Balaban J connectivity index is 0.000000490.